The lowest BCUT2D eigenvalue weighted by molar-refractivity contribution is -0.120. The highest BCUT2D eigenvalue weighted by Gasteiger charge is 2.14. The Bertz CT molecular complexity index is 1120. The molecule has 0 spiro atoms. The highest BCUT2D eigenvalue weighted by Crippen LogP contribution is 2.19. The molecule has 3 aromatic rings. The van der Waals surface area contributed by atoms with Gasteiger partial charge >= 0.3 is 0 Å². The largest absolute Gasteiger partial charge is 0.506 e. The summed E-state index contributed by atoms with van der Waals surface area (Å²) in [6.45, 7) is 2.30. The molecule has 3 rings (SSSR count). The number of aromatic nitrogens is 1. The molecule has 186 valence electrons. The second-order valence-corrected chi connectivity index (χ2v) is 8.47. The summed E-state index contributed by atoms with van der Waals surface area (Å²) in [7, 11) is 1.61. The number of methoxy groups -OCH3 is 1. The molecule has 2 atom stereocenters. The van der Waals surface area contributed by atoms with Crippen LogP contribution in [-0.2, 0) is 30.8 Å². The minimum atomic E-state index is -0.874. The maximum atomic E-state index is 12.5. The molecule has 2 aromatic carbocycles. The topological polar surface area (TPSA) is 124 Å². The number of pyridine rings is 1. The molecule has 0 aliphatic carbocycles. The Morgan fingerprint density at radius 1 is 1.09 bits per heavy atom. The third-order valence-electron chi connectivity index (χ3n) is 5.69. The number of nitrogens with zero attached hydrogens (tertiary/aromatic N) is 1. The van der Waals surface area contributed by atoms with Crippen molar-refractivity contribution < 1.29 is 24.9 Å². The van der Waals surface area contributed by atoms with Crippen molar-refractivity contribution in [2.24, 2.45) is 0 Å². The van der Waals surface area contributed by atoms with Crippen LogP contribution >= 0.6 is 0 Å². The summed E-state index contributed by atoms with van der Waals surface area (Å²) in [5, 5.41) is 35.5. The molecule has 1 heterocycles. The molecule has 0 radical (unpaired) electrons. The summed E-state index contributed by atoms with van der Waals surface area (Å²) in [5.41, 5.74) is 3.46. The van der Waals surface area contributed by atoms with Crippen LogP contribution in [0.5, 0.6) is 11.5 Å². The van der Waals surface area contributed by atoms with Crippen LogP contribution in [0.25, 0.3) is 0 Å². The molecule has 0 bridgehead atoms. The lowest BCUT2D eigenvalue weighted by Gasteiger charge is -2.18. The molecular formula is C27H33N3O5. The first kappa shape index (κ1) is 26.2. The average Bonchev–Trinajstić information content (AvgIpc) is 2.86. The number of aromatic hydroxyl groups is 1. The molecule has 1 aromatic heterocycles. The number of hydrogen-bond acceptors (Lipinski definition) is 7. The van der Waals surface area contributed by atoms with E-state index in [0.717, 1.165) is 22.4 Å². The first-order valence-electron chi connectivity index (χ1n) is 11.6. The van der Waals surface area contributed by atoms with Gasteiger partial charge in [0.2, 0.25) is 5.91 Å². The third kappa shape index (κ3) is 7.78. The van der Waals surface area contributed by atoms with E-state index in [2.05, 4.69) is 15.6 Å². The summed E-state index contributed by atoms with van der Waals surface area (Å²) in [6, 6.07) is 18.5. The fourth-order valence-electron chi connectivity index (χ4n) is 3.81. The summed E-state index contributed by atoms with van der Waals surface area (Å²) in [4.78, 5) is 16.6. The molecule has 0 saturated carbocycles. The molecule has 35 heavy (non-hydrogen) atoms. The van der Waals surface area contributed by atoms with Crippen molar-refractivity contribution in [1.82, 2.24) is 15.6 Å². The van der Waals surface area contributed by atoms with Gasteiger partial charge in [-0.25, -0.2) is 4.98 Å². The molecular weight excluding hydrogens is 446 g/mol. The van der Waals surface area contributed by atoms with Crippen LogP contribution in [0.1, 0.15) is 41.1 Å². The monoisotopic (exact) mass is 479 g/mol. The van der Waals surface area contributed by atoms with E-state index >= 15 is 0 Å². The summed E-state index contributed by atoms with van der Waals surface area (Å²) < 4.78 is 5.33. The first-order chi connectivity index (χ1) is 16.9. The van der Waals surface area contributed by atoms with E-state index in [-0.39, 0.29) is 36.4 Å². The van der Waals surface area contributed by atoms with Crippen molar-refractivity contribution in [3.05, 3.63) is 88.7 Å². The fourth-order valence-corrected chi connectivity index (χ4v) is 3.81. The number of benzene rings is 2. The summed E-state index contributed by atoms with van der Waals surface area (Å²) in [5.74, 6) is 0.584. The average molecular weight is 480 g/mol. The van der Waals surface area contributed by atoms with Gasteiger partial charge in [0.25, 0.3) is 0 Å². The lowest BCUT2D eigenvalue weighted by atomic mass is 10.0. The minimum absolute atomic E-state index is 0.0636. The van der Waals surface area contributed by atoms with Crippen molar-refractivity contribution in [2.75, 3.05) is 13.7 Å². The predicted octanol–water partition coefficient (Wildman–Crippen LogP) is 2.40. The van der Waals surface area contributed by atoms with Gasteiger partial charge < -0.3 is 30.7 Å². The predicted molar refractivity (Wildman–Crippen MR) is 133 cm³/mol. The molecule has 8 nitrogen and oxygen atoms in total. The number of ether oxygens (including phenoxy) is 1. The Morgan fingerprint density at radius 3 is 2.63 bits per heavy atom. The Morgan fingerprint density at radius 2 is 1.86 bits per heavy atom. The van der Waals surface area contributed by atoms with Gasteiger partial charge in [-0.15, -0.1) is 0 Å². The van der Waals surface area contributed by atoms with Gasteiger partial charge in [-0.3, -0.25) is 4.79 Å². The smallest absolute Gasteiger partial charge is 0.224 e. The van der Waals surface area contributed by atoms with Gasteiger partial charge in [0.05, 0.1) is 25.8 Å². The van der Waals surface area contributed by atoms with E-state index in [0.29, 0.717) is 18.7 Å². The molecule has 5 N–H and O–H groups in total. The molecule has 0 aliphatic heterocycles. The third-order valence-corrected chi connectivity index (χ3v) is 5.69. The normalized spacial score (nSPS) is 12.7. The van der Waals surface area contributed by atoms with Gasteiger partial charge in [0, 0.05) is 24.7 Å². The van der Waals surface area contributed by atoms with E-state index in [1.165, 1.54) is 12.1 Å². The Labute approximate surface area is 205 Å². The molecule has 0 aliphatic rings. The second kappa shape index (κ2) is 12.9. The number of nitrogens with one attached hydrogen (secondary N) is 2. The maximum absolute atomic E-state index is 12.5. The van der Waals surface area contributed by atoms with Gasteiger partial charge in [-0.1, -0.05) is 42.5 Å². The van der Waals surface area contributed by atoms with Crippen LogP contribution in [0.3, 0.4) is 0 Å². The zero-order valence-corrected chi connectivity index (χ0v) is 20.1. The Hall–Kier alpha value is -3.46. The SMILES string of the molecule is COc1ccccc1CNC(=O)Cc1cccc(C[C@@H](C)NCC(O)c2ccc(O)c(CO)n2)c1. The van der Waals surface area contributed by atoms with E-state index in [1.54, 1.807) is 7.11 Å². The fraction of sp³-hybridized carbons (Fsp3) is 0.333. The van der Waals surface area contributed by atoms with Gasteiger partial charge in [-0.2, -0.15) is 0 Å². The molecule has 8 heteroatoms. The Balaban J connectivity index is 1.48. The minimum Gasteiger partial charge on any atom is -0.506 e. The molecule has 1 unspecified atom stereocenters. The number of aliphatic hydroxyl groups is 2. The van der Waals surface area contributed by atoms with Crippen LogP contribution in [-0.4, -0.2) is 45.9 Å². The highest BCUT2D eigenvalue weighted by molar-refractivity contribution is 5.78. The van der Waals surface area contributed by atoms with Crippen molar-refractivity contribution >= 4 is 5.91 Å². The molecule has 1 amide bonds. The van der Waals surface area contributed by atoms with E-state index in [9.17, 15) is 20.1 Å². The first-order valence-corrected chi connectivity index (χ1v) is 11.6. The van der Waals surface area contributed by atoms with Crippen molar-refractivity contribution in [3.63, 3.8) is 0 Å². The van der Waals surface area contributed by atoms with Crippen molar-refractivity contribution in [1.29, 1.82) is 0 Å². The van der Waals surface area contributed by atoms with E-state index in [1.807, 2.05) is 55.5 Å². The maximum Gasteiger partial charge on any atom is 0.224 e. The van der Waals surface area contributed by atoms with Crippen LogP contribution in [0.2, 0.25) is 0 Å². The van der Waals surface area contributed by atoms with Crippen LogP contribution in [0.4, 0.5) is 0 Å². The number of para-hydroxylation sites is 1. The number of amides is 1. The van der Waals surface area contributed by atoms with Gasteiger partial charge in [0.1, 0.15) is 23.3 Å². The highest BCUT2D eigenvalue weighted by atomic mass is 16.5. The Kier molecular flexibility index (Phi) is 9.60. The number of rotatable bonds is 12. The number of carbonyl (C=O) groups excluding carboxylic acids is 1. The lowest BCUT2D eigenvalue weighted by Crippen LogP contribution is -2.32. The standard InChI is InChI=1S/C27H33N3O5/c1-18(28-16-25(33)22-10-11-24(32)23(17-31)30-22)12-19-6-5-7-20(13-19)14-27(34)29-15-21-8-3-4-9-26(21)35-2/h3-11,13,18,25,28,31-33H,12,14-17H2,1-2H3,(H,29,34)/t18-,25?/m1/s1. The zero-order chi connectivity index (χ0) is 25.2. The van der Waals surface area contributed by atoms with Crippen molar-refractivity contribution in [2.45, 2.75) is 45.1 Å². The van der Waals surface area contributed by atoms with Crippen LogP contribution < -0.4 is 15.4 Å². The number of carbonyl (C=O) groups is 1. The summed E-state index contributed by atoms with van der Waals surface area (Å²) in [6.07, 6.45) is 0.124. The van der Waals surface area contributed by atoms with Crippen LogP contribution in [0.15, 0.2) is 60.7 Å². The van der Waals surface area contributed by atoms with E-state index < -0.39 is 12.7 Å². The molecule has 0 saturated heterocycles. The van der Waals surface area contributed by atoms with Crippen LogP contribution in [0, 0.1) is 0 Å². The number of hydrogen-bond donors (Lipinski definition) is 5. The summed E-state index contributed by atoms with van der Waals surface area (Å²) >= 11 is 0. The van der Waals surface area contributed by atoms with Crippen molar-refractivity contribution in [3.8, 4) is 11.5 Å². The van der Waals surface area contributed by atoms with E-state index in [4.69, 9.17) is 4.74 Å². The zero-order valence-electron chi connectivity index (χ0n) is 20.1. The number of aliphatic hydroxyl groups excluding tert-OH is 2. The van der Waals surface area contributed by atoms with Gasteiger partial charge in [0.15, 0.2) is 0 Å². The molecule has 0 fully saturated rings. The second-order valence-electron chi connectivity index (χ2n) is 8.47. The quantitative estimate of drug-likeness (QED) is 0.270. The van der Waals surface area contributed by atoms with Gasteiger partial charge in [-0.05, 0) is 42.7 Å².